The predicted molar refractivity (Wildman–Crippen MR) is 101 cm³/mol. The molecular weight excluding hydrogens is 364 g/mol. The van der Waals surface area contributed by atoms with Gasteiger partial charge < -0.3 is 10.1 Å². The number of hydrogen-bond donors (Lipinski definition) is 1. The van der Waals surface area contributed by atoms with Gasteiger partial charge in [0.1, 0.15) is 11.8 Å². The Morgan fingerprint density at radius 3 is 2.86 bits per heavy atom. The number of nitrogens with one attached hydrogen (secondary N) is 1. The van der Waals surface area contributed by atoms with Gasteiger partial charge in [-0.1, -0.05) is 17.3 Å². The zero-order chi connectivity index (χ0) is 19.3. The fourth-order valence-electron chi connectivity index (χ4n) is 3.18. The van der Waals surface area contributed by atoms with E-state index in [0.717, 1.165) is 39.3 Å². The maximum Gasteiger partial charge on any atom is 0.355 e. The van der Waals surface area contributed by atoms with E-state index in [9.17, 15) is 10.1 Å². The van der Waals surface area contributed by atoms with Crippen molar-refractivity contribution in [2.45, 2.75) is 6.42 Å². The number of fused-ring (bicyclic) bond motifs is 1. The molecular formula is C17H20N8O3. The van der Waals surface area contributed by atoms with Gasteiger partial charge in [0.2, 0.25) is 11.6 Å². The van der Waals surface area contributed by atoms with Crippen LogP contribution in [-0.4, -0.2) is 74.2 Å². The van der Waals surface area contributed by atoms with Crippen molar-refractivity contribution in [3.05, 3.63) is 40.7 Å². The molecule has 1 aliphatic rings. The molecule has 28 heavy (non-hydrogen) atoms. The van der Waals surface area contributed by atoms with E-state index in [-0.39, 0.29) is 17.3 Å². The maximum absolute atomic E-state index is 11.8. The van der Waals surface area contributed by atoms with Gasteiger partial charge in [-0.3, -0.25) is 15.0 Å². The Morgan fingerprint density at radius 1 is 1.21 bits per heavy atom. The molecule has 0 spiro atoms. The zero-order valence-corrected chi connectivity index (χ0v) is 15.2. The Balaban J connectivity index is 1.53. The summed E-state index contributed by atoms with van der Waals surface area (Å²) in [5, 5.41) is 22.9. The van der Waals surface area contributed by atoms with Crippen LogP contribution in [0.1, 0.15) is 6.42 Å². The van der Waals surface area contributed by atoms with Crippen molar-refractivity contribution < 1.29 is 9.66 Å². The summed E-state index contributed by atoms with van der Waals surface area (Å²) in [7, 11) is 0. The fraction of sp³-hybridized carbons (Fsp3) is 0.412. The molecule has 4 rings (SSSR count). The number of rotatable bonds is 7. The third-order valence-electron chi connectivity index (χ3n) is 4.59. The summed E-state index contributed by atoms with van der Waals surface area (Å²) in [5.74, 6) is 0.265. The number of nitrogens with zero attached hydrogens (tertiary/aromatic N) is 7. The molecule has 2 aromatic heterocycles. The van der Waals surface area contributed by atoms with Crippen molar-refractivity contribution in [2.75, 3.05) is 44.7 Å². The van der Waals surface area contributed by atoms with E-state index in [2.05, 4.69) is 30.5 Å². The Hall–Kier alpha value is -3.18. The molecule has 0 saturated carbocycles. The van der Waals surface area contributed by atoms with Gasteiger partial charge in [-0.25, -0.2) is 9.97 Å². The first-order valence-electron chi connectivity index (χ1n) is 9.08. The van der Waals surface area contributed by atoms with E-state index in [1.165, 1.54) is 11.0 Å². The summed E-state index contributed by atoms with van der Waals surface area (Å²) in [6.45, 7) is 4.79. The highest BCUT2D eigenvalue weighted by atomic mass is 16.6. The molecule has 0 radical (unpaired) electrons. The lowest BCUT2D eigenvalue weighted by Crippen LogP contribution is -2.37. The third kappa shape index (κ3) is 3.75. The van der Waals surface area contributed by atoms with Gasteiger partial charge >= 0.3 is 5.69 Å². The summed E-state index contributed by atoms with van der Waals surface area (Å²) in [6, 6.07) is 7.23. The lowest BCUT2D eigenvalue weighted by Gasteiger charge is -2.26. The quantitative estimate of drug-likeness (QED) is 0.364. The minimum absolute atomic E-state index is 0.0874. The molecule has 0 amide bonds. The summed E-state index contributed by atoms with van der Waals surface area (Å²) in [4.78, 5) is 21.8. The van der Waals surface area contributed by atoms with Crippen LogP contribution in [0, 0.1) is 10.1 Å². The van der Waals surface area contributed by atoms with Crippen LogP contribution in [0.3, 0.4) is 0 Å². The average Bonchev–Trinajstić information content (AvgIpc) is 3.15. The largest absolute Gasteiger partial charge is 0.379 e. The van der Waals surface area contributed by atoms with E-state index < -0.39 is 4.92 Å². The summed E-state index contributed by atoms with van der Waals surface area (Å²) < 4.78 is 6.70. The molecule has 3 aromatic rings. The van der Waals surface area contributed by atoms with Gasteiger partial charge in [0.25, 0.3) is 0 Å². The lowest BCUT2D eigenvalue weighted by molar-refractivity contribution is -0.384. The number of anilines is 1. The van der Waals surface area contributed by atoms with E-state index in [0.29, 0.717) is 17.6 Å². The number of hydrogen-bond acceptors (Lipinski definition) is 9. The second-order valence-corrected chi connectivity index (χ2v) is 6.38. The first-order valence-corrected chi connectivity index (χ1v) is 9.08. The molecule has 1 aliphatic heterocycles. The van der Waals surface area contributed by atoms with E-state index in [4.69, 9.17) is 4.74 Å². The van der Waals surface area contributed by atoms with Gasteiger partial charge in [-0.15, -0.1) is 5.10 Å². The minimum Gasteiger partial charge on any atom is -0.379 e. The van der Waals surface area contributed by atoms with Gasteiger partial charge in [-0.05, 0) is 25.1 Å². The summed E-state index contributed by atoms with van der Waals surface area (Å²) in [5.41, 5.74) is 1.06. The standard InChI is InChI=1S/C17H20N8O3/c26-25(27)15-16(18-6-3-7-23-8-10-28-11-9-23)19-12-20-17(15)24-14-5-2-1-4-13(14)21-22-24/h1-2,4-5,12H,3,6-11H2,(H,18,19,20). The van der Waals surface area contributed by atoms with Crippen LogP contribution in [0.15, 0.2) is 30.6 Å². The van der Waals surface area contributed by atoms with Crippen LogP contribution in [0.4, 0.5) is 11.5 Å². The molecule has 1 N–H and O–H groups in total. The first-order chi connectivity index (χ1) is 13.7. The number of benzene rings is 1. The number of aromatic nitrogens is 5. The normalized spacial score (nSPS) is 15.0. The van der Waals surface area contributed by atoms with E-state index in [1.807, 2.05) is 12.1 Å². The van der Waals surface area contributed by atoms with Crippen LogP contribution in [-0.2, 0) is 4.74 Å². The molecule has 11 heteroatoms. The topological polar surface area (TPSA) is 124 Å². The van der Waals surface area contributed by atoms with Crippen LogP contribution >= 0.6 is 0 Å². The maximum atomic E-state index is 11.8. The van der Waals surface area contributed by atoms with Crippen molar-refractivity contribution >= 4 is 22.5 Å². The lowest BCUT2D eigenvalue weighted by atomic mass is 10.3. The highest BCUT2D eigenvalue weighted by Gasteiger charge is 2.26. The summed E-state index contributed by atoms with van der Waals surface area (Å²) >= 11 is 0. The van der Waals surface area contributed by atoms with Gasteiger partial charge in [0.15, 0.2) is 0 Å². The molecule has 11 nitrogen and oxygen atoms in total. The Bertz CT molecular complexity index is 970. The molecule has 0 bridgehead atoms. The van der Waals surface area contributed by atoms with E-state index in [1.54, 1.807) is 12.1 Å². The number of ether oxygens (including phenoxy) is 1. The van der Waals surface area contributed by atoms with Crippen LogP contribution < -0.4 is 5.32 Å². The molecule has 1 saturated heterocycles. The minimum atomic E-state index is -0.490. The molecule has 1 aromatic carbocycles. The van der Waals surface area contributed by atoms with Crippen LogP contribution in [0.5, 0.6) is 0 Å². The van der Waals surface area contributed by atoms with Gasteiger partial charge in [0, 0.05) is 19.6 Å². The highest BCUT2D eigenvalue weighted by molar-refractivity contribution is 5.77. The number of para-hydroxylation sites is 1. The molecule has 3 heterocycles. The predicted octanol–water partition coefficient (Wildman–Crippen LogP) is 1.25. The molecule has 0 unspecified atom stereocenters. The average molecular weight is 384 g/mol. The molecule has 0 atom stereocenters. The van der Waals surface area contributed by atoms with Crippen molar-refractivity contribution in [3.63, 3.8) is 0 Å². The number of nitro groups is 1. The monoisotopic (exact) mass is 384 g/mol. The third-order valence-corrected chi connectivity index (χ3v) is 4.59. The van der Waals surface area contributed by atoms with E-state index >= 15 is 0 Å². The van der Waals surface area contributed by atoms with Crippen LogP contribution in [0.2, 0.25) is 0 Å². The molecule has 146 valence electrons. The Morgan fingerprint density at radius 2 is 2.04 bits per heavy atom. The Kier molecular flexibility index (Phi) is 5.35. The van der Waals surface area contributed by atoms with Crippen molar-refractivity contribution in [2.24, 2.45) is 0 Å². The van der Waals surface area contributed by atoms with Crippen molar-refractivity contribution in [1.82, 2.24) is 29.9 Å². The Labute approximate surface area is 160 Å². The smallest absolute Gasteiger partial charge is 0.355 e. The molecule has 0 aliphatic carbocycles. The second kappa shape index (κ2) is 8.23. The van der Waals surface area contributed by atoms with Crippen LogP contribution in [0.25, 0.3) is 16.9 Å². The first kappa shape index (κ1) is 18.2. The summed E-state index contributed by atoms with van der Waals surface area (Å²) in [6.07, 6.45) is 2.13. The number of morpholine rings is 1. The second-order valence-electron chi connectivity index (χ2n) is 6.38. The van der Waals surface area contributed by atoms with Gasteiger partial charge in [-0.2, -0.15) is 4.68 Å². The fourth-order valence-corrected chi connectivity index (χ4v) is 3.18. The highest BCUT2D eigenvalue weighted by Crippen LogP contribution is 2.29. The molecule has 1 fully saturated rings. The van der Waals surface area contributed by atoms with Crippen molar-refractivity contribution in [3.8, 4) is 5.82 Å². The van der Waals surface area contributed by atoms with Gasteiger partial charge in [0.05, 0.1) is 23.7 Å². The SMILES string of the molecule is O=[N+]([O-])c1c(NCCCN2CCOCC2)ncnc1-n1nnc2ccccc21. The zero-order valence-electron chi connectivity index (χ0n) is 15.2. The van der Waals surface area contributed by atoms with Crippen molar-refractivity contribution in [1.29, 1.82) is 0 Å².